The number of aliphatic hydroxyl groups excluding tert-OH is 1. The molecule has 1 nitrogen and oxygen atoms in total. The van der Waals surface area contributed by atoms with Crippen molar-refractivity contribution in [3.63, 3.8) is 0 Å². The van der Waals surface area contributed by atoms with E-state index in [9.17, 15) is 9.50 Å². The van der Waals surface area contributed by atoms with Crippen molar-refractivity contribution >= 4 is 0 Å². The monoisotopic (exact) mass is 210 g/mol. The molecule has 0 amide bonds. The van der Waals surface area contributed by atoms with E-state index in [2.05, 4.69) is 0 Å². The molecular weight excluding hydrogens is 191 g/mol. The first-order valence-corrected chi connectivity index (χ1v) is 5.30. The summed E-state index contributed by atoms with van der Waals surface area (Å²) in [6, 6.07) is 6.34. The lowest BCUT2D eigenvalue weighted by molar-refractivity contribution is 0.0574. The maximum absolute atomic E-state index is 12.8. The first-order valence-electron chi connectivity index (χ1n) is 5.30. The Hall–Kier alpha value is -0.890. The summed E-state index contributed by atoms with van der Waals surface area (Å²) in [5.74, 6) is -0.0568. The Balaban J connectivity index is 2.99. The Morgan fingerprint density at radius 1 is 1.13 bits per heavy atom. The van der Waals surface area contributed by atoms with E-state index in [-0.39, 0.29) is 17.2 Å². The third kappa shape index (κ3) is 2.57. The quantitative estimate of drug-likeness (QED) is 0.812. The average molecular weight is 210 g/mol. The minimum atomic E-state index is -0.428. The first-order chi connectivity index (χ1) is 6.85. The summed E-state index contributed by atoms with van der Waals surface area (Å²) in [5, 5.41) is 10.1. The molecule has 0 aromatic heterocycles. The van der Waals surface area contributed by atoms with Gasteiger partial charge < -0.3 is 5.11 Å². The van der Waals surface area contributed by atoms with Crippen LogP contribution in [0.15, 0.2) is 24.3 Å². The maximum Gasteiger partial charge on any atom is 0.123 e. The van der Waals surface area contributed by atoms with Gasteiger partial charge in [-0.15, -0.1) is 0 Å². The van der Waals surface area contributed by atoms with Crippen molar-refractivity contribution in [1.29, 1.82) is 0 Å². The smallest absolute Gasteiger partial charge is 0.123 e. The second-order valence-electron chi connectivity index (χ2n) is 4.92. The van der Waals surface area contributed by atoms with Gasteiger partial charge in [0.05, 0.1) is 6.10 Å². The Kier molecular flexibility index (Phi) is 3.50. The SMILES string of the molecule is CC(C)C(O)C(C)(C)c1ccc(F)cc1. The Bertz CT molecular complexity index is 314. The minimum absolute atomic E-state index is 0.185. The van der Waals surface area contributed by atoms with Crippen molar-refractivity contribution in [3.05, 3.63) is 35.6 Å². The fourth-order valence-electron chi connectivity index (χ4n) is 1.88. The molecule has 84 valence electrons. The summed E-state index contributed by atoms with van der Waals surface area (Å²) in [4.78, 5) is 0. The molecule has 0 heterocycles. The summed E-state index contributed by atoms with van der Waals surface area (Å²) >= 11 is 0. The molecule has 0 radical (unpaired) electrons. The lowest BCUT2D eigenvalue weighted by Gasteiger charge is -2.33. The van der Waals surface area contributed by atoms with Gasteiger partial charge in [0.1, 0.15) is 5.82 Å². The molecule has 0 saturated heterocycles. The standard InChI is InChI=1S/C13H19FO/c1-9(2)12(15)13(3,4)10-5-7-11(14)8-6-10/h5-9,12,15H,1-4H3. The van der Waals surface area contributed by atoms with E-state index in [1.165, 1.54) is 12.1 Å². The lowest BCUT2D eigenvalue weighted by atomic mass is 9.75. The summed E-state index contributed by atoms with van der Waals surface area (Å²) in [5.41, 5.74) is 0.618. The van der Waals surface area contributed by atoms with E-state index < -0.39 is 6.10 Å². The normalized spacial score (nSPS) is 14.3. The van der Waals surface area contributed by atoms with E-state index in [4.69, 9.17) is 0 Å². The van der Waals surface area contributed by atoms with Gasteiger partial charge in [-0.2, -0.15) is 0 Å². The van der Waals surface area contributed by atoms with E-state index in [0.29, 0.717) is 0 Å². The topological polar surface area (TPSA) is 20.2 Å². The van der Waals surface area contributed by atoms with Crippen molar-refractivity contribution < 1.29 is 9.50 Å². The number of halogens is 1. The van der Waals surface area contributed by atoms with Gasteiger partial charge in [0.15, 0.2) is 0 Å². The highest BCUT2D eigenvalue weighted by molar-refractivity contribution is 5.25. The van der Waals surface area contributed by atoms with Crippen LogP contribution in [-0.2, 0) is 5.41 Å². The molecule has 15 heavy (non-hydrogen) atoms. The summed E-state index contributed by atoms with van der Waals surface area (Å²) < 4.78 is 12.8. The molecule has 0 aliphatic carbocycles. The van der Waals surface area contributed by atoms with E-state index in [1.54, 1.807) is 12.1 Å². The Morgan fingerprint density at radius 3 is 2.00 bits per heavy atom. The number of hydrogen-bond donors (Lipinski definition) is 1. The summed E-state index contributed by atoms with van der Waals surface area (Å²) in [7, 11) is 0. The van der Waals surface area contributed by atoms with Crippen molar-refractivity contribution in [2.24, 2.45) is 5.92 Å². The zero-order valence-electron chi connectivity index (χ0n) is 9.79. The first kappa shape index (κ1) is 12.2. The average Bonchev–Trinajstić information content (AvgIpc) is 2.17. The molecule has 1 aromatic carbocycles. The van der Waals surface area contributed by atoms with Gasteiger partial charge in [-0.3, -0.25) is 0 Å². The molecule has 0 aliphatic heterocycles. The van der Waals surface area contributed by atoms with Crippen molar-refractivity contribution in [1.82, 2.24) is 0 Å². The Labute approximate surface area is 90.9 Å². The van der Waals surface area contributed by atoms with Gasteiger partial charge in [0.2, 0.25) is 0 Å². The molecule has 2 heteroatoms. The molecule has 1 N–H and O–H groups in total. The van der Waals surface area contributed by atoms with Crippen LogP contribution >= 0.6 is 0 Å². The molecule has 1 aromatic rings. The van der Waals surface area contributed by atoms with Crippen molar-refractivity contribution in [2.45, 2.75) is 39.2 Å². The molecule has 0 aliphatic rings. The maximum atomic E-state index is 12.8. The molecule has 0 spiro atoms. The van der Waals surface area contributed by atoms with Crippen LogP contribution in [0.5, 0.6) is 0 Å². The second kappa shape index (κ2) is 4.31. The summed E-state index contributed by atoms with van der Waals surface area (Å²) in [6.45, 7) is 7.92. The zero-order valence-corrected chi connectivity index (χ0v) is 9.79. The number of hydrogen-bond acceptors (Lipinski definition) is 1. The molecule has 0 saturated carbocycles. The lowest BCUT2D eigenvalue weighted by Crippen LogP contribution is -2.37. The molecule has 1 rings (SSSR count). The predicted molar refractivity (Wildman–Crippen MR) is 60.3 cm³/mol. The highest BCUT2D eigenvalue weighted by Gasteiger charge is 2.31. The van der Waals surface area contributed by atoms with Gasteiger partial charge in [0, 0.05) is 5.41 Å². The minimum Gasteiger partial charge on any atom is -0.392 e. The number of rotatable bonds is 3. The van der Waals surface area contributed by atoms with Gasteiger partial charge in [-0.1, -0.05) is 39.8 Å². The van der Waals surface area contributed by atoms with Crippen LogP contribution in [0.3, 0.4) is 0 Å². The van der Waals surface area contributed by atoms with Crippen LogP contribution in [0.25, 0.3) is 0 Å². The number of aliphatic hydroxyl groups is 1. The number of benzene rings is 1. The molecular formula is C13H19FO. The van der Waals surface area contributed by atoms with Crippen molar-refractivity contribution in [2.75, 3.05) is 0 Å². The van der Waals surface area contributed by atoms with Crippen LogP contribution in [0.2, 0.25) is 0 Å². The van der Waals surface area contributed by atoms with Gasteiger partial charge in [-0.25, -0.2) is 4.39 Å². The van der Waals surface area contributed by atoms with E-state index in [0.717, 1.165) is 5.56 Å². The molecule has 0 fully saturated rings. The zero-order chi connectivity index (χ0) is 11.6. The van der Waals surface area contributed by atoms with E-state index >= 15 is 0 Å². The predicted octanol–water partition coefficient (Wildman–Crippen LogP) is 3.12. The molecule has 1 atom stereocenters. The summed E-state index contributed by atoms with van der Waals surface area (Å²) in [6.07, 6.45) is -0.428. The second-order valence-corrected chi connectivity index (χ2v) is 4.92. The van der Waals surface area contributed by atoms with Crippen LogP contribution in [0, 0.1) is 11.7 Å². The molecule has 0 bridgehead atoms. The van der Waals surface area contributed by atoms with Crippen molar-refractivity contribution in [3.8, 4) is 0 Å². The van der Waals surface area contributed by atoms with Crippen LogP contribution in [0.1, 0.15) is 33.3 Å². The molecule has 1 unspecified atom stereocenters. The highest BCUT2D eigenvalue weighted by atomic mass is 19.1. The third-order valence-electron chi connectivity index (χ3n) is 2.96. The fraction of sp³-hybridized carbons (Fsp3) is 0.538. The Morgan fingerprint density at radius 2 is 1.60 bits per heavy atom. The largest absolute Gasteiger partial charge is 0.392 e. The van der Waals surface area contributed by atoms with Gasteiger partial charge >= 0.3 is 0 Å². The van der Waals surface area contributed by atoms with E-state index in [1.807, 2.05) is 27.7 Å². The van der Waals surface area contributed by atoms with Crippen LogP contribution in [-0.4, -0.2) is 11.2 Å². The van der Waals surface area contributed by atoms with Crippen LogP contribution < -0.4 is 0 Å². The van der Waals surface area contributed by atoms with Crippen LogP contribution in [0.4, 0.5) is 4.39 Å². The third-order valence-corrected chi connectivity index (χ3v) is 2.96. The fourth-order valence-corrected chi connectivity index (χ4v) is 1.88. The van der Waals surface area contributed by atoms with Gasteiger partial charge in [-0.05, 0) is 23.6 Å². The van der Waals surface area contributed by atoms with Gasteiger partial charge in [0.25, 0.3) is 0 Å². The highest BCUT2D eigenvalue weighted by Crippen LogP contribution is 2.30.